The van der Waals surface area contributed by atoms with Gasteiger partial charge in [-0.1, -0.05) is 164 Å². The maximum Gasteiger partial charge on any atom is 0.266 e. The summed E-state index contributed by atoms with van der Waals surface area (Å²) in [7, 11) is 0. The highest BCUT2D eigenvalue weighted by Gasteiger charge is 2.51. The van der Waals surface area contributed by atoms with Crippen molar-refractivity contribution >= 4 is 10.9 Å². The van der Waals surface area contributed by atoms with Gasteiger partial charge in [0.15, 0.2) is 0 Å². The highest BCUT2D eigenvalue weighted by Crippen LogP contribution is 2.63. The van der Waals surface area contributed by atoms with E-state index in [1.54, 1.807) is 4.57 Å². The molecular weight excluding hydrogens is 657 g/mol. The molecule has 0 bridgehead atoms. The second-order valence-electron chi connectivity index (χ2n) is 14.2. The standard InChI is InChI=1S/C51H32N2O/c54-50-43-31-36(26-30-48(43)52-49(35-15-5-2-6-16-35)53(50)38-27-23-34(24-28-38)33-13-3-1-4-14-33)37-25-29-42-41-19-9-12-22-46(41)51(47(42)32-37)44-20-10-7-17-39(44)40-18-8-11-21-45(40)51/h1-32H. The fourth-order valence-corrected chi connectivity index (χ4v) is 9.09. The predicted molar refractivity (Wildman–Crippen MR) is 220 cm³/mol. The van der Waals surface area contributed by atoms with Crippen molar-refractivity contribution in [3.63, 3.8) is 0 Å². The zero-order valence-electron chi connectivity index (χ0n) is 29.3. The smallest absolute Gasteiger partial charge is 0.266 e. The molecule has 0 saturated carbocycles. The van der Waals surface area contributed by atoms with Gasteiger partial charge in [-0.2, -0.15) is 0 Å². The van der Waals surface area contributed by atoms with E-state index in [1.807, 2.05) is 72.8 Å². The van der Waals surface area contributed by atoms with Gasteiger partial charge in [-0.25, -0.2) is 4.98 Å². The van der Waals surface area contributed by atoms with E-state index in [4.69, 9.17) is 4.98 Å². The average molecular weight is 689 g/mol. The number of nitrogens with zero attached hydrogens (tertiary/aromatic N) is 2. The first kappa shape index (κ1) is 30.5. The van der Waals surface area contributed by atoms with Gasteiger partial charge in [0.05, 0.1) is 22.0 Å². The summed E-state index contributed by atoms with van der Waals surface area (Å²) in [6.07, 6.45) is 0. The van der Waals surface area contributed by atoms with Gasteiger partial charge in [0.25, 0.3) is 5.56 Å². The molecule has 3 heteroatoms. The van der Waals surface area contributed by atoms with Gasteiger partial charge < -0.3 is 0 Å². The van der Waals surface area contributed by atoms with E-state index < -0.39 is 5.41 Å². The van der Waals surface area contributed by atoms with Crippen molar-refractivity contribution in [2.75, 3.05) is 0 Å². The monoisotopic (exact) mass is 688 g/mol. The molecule has 54 heavy (non-hydrogen) atoms. The summed E-state index contributed by atoms with van der Waals surface area (Å²) in [5, 5.41) is 0.578. The van der Waals surface area contributed by atoms with Crippen LogP contribution < -0.4 is 5.56 Å². The van der Waals surface area contributed by atoms with Crippen molar-refractivity contribution in [3.8, 4) is 61.6 Å². The highest BCUT2D eigenvalue weighted by atomic mass is 16.1. The Kier molecular flexibility index (Phi) is 6.62. The highest BCUT2D eigenvalue weighted by molar-refractivity contribution is 5.96. The molecule has 0 fully saturated rings. The van der Waals surface area contributed by atoms with Crippen molar-refractivity contribution < 1.29 is 0 Å². The summed E-state index contributed by atoms with van der Waals surface area (Å²) in [5.74, 6) is 0.615. The van der Waals surface area contributed by atoms with Crippen LogP contribution >= 0.6 is 0 Å². The Bertz CT molecular complexity index is 2930. The zero-order chi connectivity index (χ0) is 35.8. The molecular formula is C51H32N2O. The quantitative estimate of drug-likeness (QED) is 0.184. The molecule has 8 aromatic carbocycles. The maximum absolute atomic E-state index is 14.8. The minimum Gasteiger partial charge on any atom is -0.268 e. The Labute approximate surface area is 313 Å². The normalized spacial score (nSPS) is 13.0. The van der Waals surface area contributed by atoms with Gasteiger partial charge in [0.2, 0.25) is 0 Å². The van der Waals surface area contributed by atoms with Crippen LogP contribution in [0.1, 0.15) is 22.3 Å². The Morgan fingerprint density at radius 1 is 0.389 bits per heavy atom. The van der Waals surface area contributed by atoms with Crippen LogP contribution in [0.2, 0.25) is 0 Å². The van der Waals surface area contributed by atoms with Crippen molar-refractivity contribution in [2.24, 2.45) is 0 Å². The lowest BCUT2D eigenvalue weighted by Gasteiger charge is -2.30. The summed E-state index contributed by atoms with van der Waals surface area (Å²) in [4.78, 5) is 20.0. The molecule has 0 amide bonds. The SMILES string of the molecule is O=c1c2cc(-c3ccc4c(c3)C3(c5ccccc5-c5ccccc53)c3ccccc3-4)ccc2nc(-c2ccccc2)n1-c1ccc(-c2ccccc2)cc1. The molecule has 11 rings (SSSR count). The van der Waals surface area contributed by atoms with E-state index in [9.17, 15) is 4.79 Å². The molecule has 1 aromatic heterocycles. The van der Waals surface area contributed by atoms with Crippen molar-refractivity contribution in [3.05, 3.63) is 227 Å². The summed E-state index contributed by atoms with van der Waals surface area (Å²) in [5.41, 5.74) is 16.3. The van der Waals surface area contributed by atoms with Crippen LogP contribution in [0, 0.1) is 0 Å². The number of fused-ring (bicyclic) bond motifs is 11. The van der Waals surface area contributed by atoms with Gasteiger partial charge in [0, 0.05) is 5.56 Å². The number of rotatable bonds is 4. The van der Waals surface area contributed by atoms with Gasteiger partial charge in [-0.05, 0) is 97.1 Å². The van der Waals surface area contributed by atoms with Gasteiger partial charge in [-0.3, -0.25) is 9.36 Å². The first-order chi connectivity index (χ1) is 26.7. The molecule has 252 valence electrons. The fourth-order valence-electron chi connectivity index (χ4n) is 9.09. The Morgan fingerprint density at radius 3 is 1.46 bits per heavy atom. The van der Waals surface area contributed by atoms with E-state index in [0.29, 0.717) is 16.7 Å². The largest absolute Gasteiger partial charge is 0.268 e. The Balaban J connectivity index is 1.11. The molecule has 0 unspecified atom stereocenters. The molecule has 2 aliphatic carbocycles. The topological polar surface area (TPSA) is 34.9 Å². The van der Waals surface area contributed by atoms with E-state index in [0.717, 1.165) is 33.5 Å². The summed E-state index contributed by atoms with van der Waals surface area (Å²) < 4.78 is 1.76. The fraction of sp³-hybridized carbons (Fsp3) is 0.0196. The lowest BCUT2D eigenvalue weighted by molar-refractivity contribution is 0.794. The third-order valence-electron chi connectivity index (χ3n) is 11.5. The molecule has 0 atom stereocenters. The molecule has 9 aromatic rings. The van der Waals surface area contributed by atoms with Crippen molar-refractivity contribution in [1.82, 2.24) is 9.55 Å². The second-order valence-corrected chi connectivity index (χ2v) is 14.2. The van der Waals surface area contributed by atoms with Crippen LogP contribution in [0.3, 0.4) is 0 Å². The van der Waals surface area contributed by atoms with Crippen molar-refractivity contribution in [2.45, 2.75) is 5.41 Å². The molecule has 0 aliphatic heterocycles. The third kappa shape index (κ3) is 4.30. The third-order valence-corrected chi connectivity index (χ3v) is 11.5. The average Bonchev–Trinajstić information content (AvgIpc) is 3.71. The Hall–Kier alpha value is -7.10. The zero-order valence-corrected chi connectivity index (χ0v) is 29.3. The summed E-state index contributed by atoms with van der Waals surface area (Å²) >= 11 is 0. The van der Waals surface area contributed by atoms with Crippen LogP contribution in [0.15, 0.2) is 199 Å². The van der Waals surface area contributed by atoms with Gasteiger partial charge >= 0.3 is 0 Å². The van der Waals surface area contributed by atoms with E-state index >= 15 is 0 Å². The van der Waals surface area contributed by atoms with E-state index in [1.165, 1.54) is 44.5 Å². The molecule has 0 saturated heterocycles. The molecule has 0 radical (unpaired) electrons. The minimum absolute atomic E-state index is 0.100. The number of hydrogen-bond donors (Lipinski definition) is 0. The van der Waals surface area contributed by atoms with E-state index in [2.05, 4.69) is 121 Å². The lowest BCUT2D eigenvalue weighted by Crippen LogP contribution is -2.25. The number of hydrogen-bond acceptors (Lipinski definition) is 2. The number of benzene rings is 8. The molecule has 3 nitrogen and oxygen atoms in total. The lowest BCUT2D eigenvalue weighted by atomic mass is 9.70. The first-order valence-electron chi connectivity index (χ1n) is 18.4. The summed E-state index contributed by atoms with van der Waals surface area (Å²) in [6, 6.07) is 68.0. The van der Waals surface area contributed by atoms with Crippen LogP contribution in [0.5, 0.6) is 0 Å². The van der Waals surface area contributed by atoms with Crippen LogP contribution in [-0.4, -0.2) is 9.55 Å². The van der Waals surface area contributed by atoms with Crippen LogP contribution in [0.4, 0.5) is 0 Å². The Morgan fingerprint density at radius 2 is 0.852 bits per heavy atom. The maximum atomic E-state index is 14.8. The first-order valence-corrected chi connectivity index (χ1v) is 18.4. The van der Waals surface area contributed by atoms with Crippen LogP contribution in [0.25, 0.3) is 72.5 Å². The van der Waals surface area contributed by atoms with Gasteiger partial charge in [-0.15, -0.1) is 0 Å². The molecule has 0 N–H and O–H groups in total. The summed E-state index contributed by atoms with van der Waals surface area (Å²) in [6.45, 7) is 0. The van der Waals surface area contributed by atoms with Crippen molar-refractivity contribution in [1.29, 1.82) is 0 Å². The molecule has 2 aliphatic rings. The van der Waals surface area contributed by atoms with E-state index in [-0.39, 0.29) is 5.56 Å². The van der Waals surface area contributed by atoms with Crippen LogP contribution in [-0.2, 0) is 5.41 Å². The minimum atomic E-state index is -0.434. The number of aromatic nitrogens is 2. The second kappa shape index (κ2) is 11.7. The molecule has 1 spiro atoms. The van der Waals surface area contributed by atoms with Gasteiger partial charge in [0.1, 0.15) is 5.82 Å². The molecule has 1 heterocycles. The predicted octanol–water partition coefficient (Wildman–Crippen LogP) is 11.7.